The Balaban J connectivity index is 2.13. The van der Waals surface area contributed by atoms with Crippen molar-refractivity contribution in [1.29, 1.82) is 0 Å². The van der Waals surface area contributed by atoms with Gasteiger partial charge in [0.05, 0.1) is 11.3 Å². The second-order valence-electron chi connectivity index (χ2n) is 4.19. The molecule has 0 saturated carbocycles. The van der Waals surface area contributed by atoms with Crippen molar-refractivity contribution in [2.75, 3.05) is 5.32 Å². The normalized spacial score (nSPS) is 10.5. The van der Waals surface area contributed by atoms with Gasteiger partial charge in [-0.15, -0.1) is 0 Å². The van der Waals surface area contributed by atoms with Crippen LogP contribution in [0.15, 0.2) is 59.1 Å². The van der Waals surface area contributed by atoms with Crippen LogP contribution in [-0.2, 0) is 4.79 Å². The second-order valence-corrected chi connectivity index (χ2v) is 5.05. The van der Waals surface area contributed by atoms with Crippen molar-refractivity contribution in [2.45, 2.75) is 0 Å². The average molecular weight is 346 g/mol. The summed E-state index contributed by atoms with van der Waals surface area (Å²) in [5, 5.41) is 11.6. The van der Waals surface area contributed by atoms with Gasteiger partial charge < -0.3 is 10.4 Å². The van der Waals surface area contributed by atoms with Gasteiger partial charge in [0.2, 0.25) is 5.91 Å². The molecule has 0 saturated heterocycles. The van der Waals surface area contributed by atoms with Crippen LogP contribution in [0.2, 0.25) is 0 Å². The van der Waals surface area contributed by atoms with Crippen molar-refractivity contribution >= 4 is 39.6 Å². The fourth-order valence-corrected chi connectivity index (χ4v) is 2.15. The molecule has 0 atom stereocenters. The number of carboxylic acids is 1. The Labute approximate surface area is 130 Å². The van der Waals surface area contributed by atoms with Gasteiger partial charge in [-0.25, -0.2) is 4.79 Å². The minimum absolute atomic E-state index is 0.0557. The molecule has 0 aromatic heterocycles. The van der Waals surface area contributed by atoms with Crippen LogP contribution < -0.4 is 5.32 Å². The summed E-state index contributed by atoms with van der Waals surface area (Å²) < 4.78 is 0.875. The number of anilines is 1. The molecule has 4 nitrogen and oxygen atoms in total. The van der Waals surface area contributed by atoms with Crippen LogP contribution in [0.1, 0.15) is 15.9 Å². The Hall–Kier alpha value is -2.40. The Kier molecular flexibility index (Phi) is 4.90. The van der Waals surface area contributed by atoms with Crippen LogP contribution in [0, 0.1) is 0 Å². The summed E-state index contributed by atoms with van der Waals surface area (Å²) in [6.07, 6.45) is 3.02. The van der Waals surface area contributed by atoms with Gasteiger partial charge in [-0.1, -0.05) is 46.3 Å². The van der Waals surface area contributed by atoms with Crippen LogP contribution in [-0.4, -0.2) is 17.0 Å². The van der Waals surface area contributed by atoms with E-state index in [0.717, 1.165) is 10.0 Å². The standard InChI is InChI=1S/C16H12BrNO3/c17-13-7-3-1-5-11(13)9-10-15(19)18-14-8-4-2-6-12(14)16(20)21/h1-10H,(H,18,19)(H,20,21). The maximum absolute atomic E-state index is 11.9. The predicted molar refractivity (Wildman–Crippen MR) is 85.2 cm³/mol. The van der Waals surface area contributed by atoms with Crippen LogP contribution in [0.25, 0.3) is 6.08 Å². The van der Waals surface area contributed by atoms with E-state index in [1.165, 1.54) is 12.1 Å². The SMILES string of the molecule is O=C(C=Cc1ccccc1Br)Nc1ccccc1C(=O)O. The highest BCUT2D eigenvalue weighted by Gasteiger charge is 2.10. The van der Waals surface area contributed by atoms with Gasteiger partial charge >= 0.3 is 5.97 Å². The highest BCUT2D eigenvalue weighted by Crippen LogP contribution is 2.18. The summed E-state index contributed by atoms with van der Waals surface area (Å²) in [6.45, 7) is 0. The lowest BCUT2D eigenvalue weighted by atomic mass is 10.1. The molecule has 0 bridgehead atoms. The Morgan fingerprint density at radius 3 is 2.43 bits per heavy atom. The molecule has 0 heterocycles. The third kappa shape index (κ3) is 4.03. The molecular weight excluding hydrogens is 334 g/mol. The molecule has 2 aromatic rings. The molecule has 21 heavy (non-hydrogen) atoms. The van der Waals surface area contributed by atoms with Gasteiger partial charge in [0.15, 0.2) is 0 Å². The predicted octanol–water partition coefficient (Wildman–Crippen LogP) is 3.80. The molecule has 0 aliphatic heterocycles. The fourth-order valence-electron chi connectivity index (χ4n) is 1.73. The van der Waals surface area contributed by atoms with Crippen molar-refractivity contribution in [3.05, 3.63) is 70.2 Å². The largest absolute Gasteiger partial charge is 0.478 e. The first-order valence-electron chi connectivity index (χ1n) is 6.14. The average Bonchev–Trinajstić information content (AvgIpc) is 2.47. The van der Waals surface area contributed by atoms with Gasteiger partial charge in [-0.05, 0) is 29.8 Å². The zero-order valence-corrected chi connectivity index (χ0v) is 12.5. The van der Waals surface area contributed by atoms with E-state index in [1.807, 2.05) is 24.3 Å². The highest BCUT2D eigenvalue weighted by atomic mass is 79.9. The number of benzene rings is 2. The Morgan fingerprint density at radius 1 is 1.05 bits per heavy atom. The molecule has 5 heteroatoms. The lowest BCUT2D eigenvalue weighted by Crippen LogP contribution is -2.11. The molecule has 0 radical (unpaired) electrons. The van der Waals surface area contributed by atoms with Crippen LogP contribution in [0.3, 0.4) is 0 Å². The number of aromatic carboxylic acids is 1. The molecule has 0 unspecified atom stereocenters. The molecular formula is C16H12BrNO3. The van der Waals surface area contributed by atoms with Gasteiger partial charge in [-0.3, -0.25) is 4.79 Å². The summed E-state index contributed by atoms with van der Waals surface area (Å²) in [6, 6.07) is 13.7. The lowest BCUT2D eigenvalue weighted by molar-refractivity contribution is -0.111. The summed E-state index contributed by atoms with van der Waals surface area (Å²) in [5.74, 6) is -1.47. The van der Waals surface area contributed by atoms with E-state index < -0.39 is 5.97 Å². The maximum atomic E-state index is 11.9. The first kappa shape index (κ1) is 15.0. The van der Waals surface area contributed by atoms with E-state index in [0.29, 0.717) is 0 Å². The lowest BCUT2D eigenvalue weighted by Gasteiger charge is -2.05. The van der Waals surface area contributed by atoms with E-state index >= 15 is 0 Å². The molecule has 0 fully saturated rings. The summed E-state index contributed by atoms with van der Waals surface area (Å²) in [4.78, 5) is 22.9. The number of carbonyl (C=O) groups is 2. The van der Waals surface area contributed by atoms with Crippen LogP contribution in [0.4, 0.5) is 5.69 Å². The van der Waals surface area contributed by atoms with E-state index in [4.69, 9.17) is 5.11 Å². The monoisotopic (exact) mass is 345 g/mol. The second kappa shape index (κ2) is 6.85. The van der Waals surface area contributed by atoms with Gasteiger partial charge in [0.25, 0.3) is 0 Å². The number of nitrogens with one attached hydrogen (secondary N) is 1. The number of halogens is 1. The number of para-hydroxylation sites is 1. The number of carboxylic acid groups (broad SMARTS) is 1. The first-order valence-corrected chi connectivity index (χ1v) is 6.93. The van der Waals surface area contributed by atoms with Crippen molar-refractivity contribution in [2.24, 2.45) is 0 Å². The number of hydrogen-bond donors (Lipinski definition) is 2. The van der Waals surface area contributed by atoms with Crippen molar-refractivity contribution in [3.8, 4) is 0 Å². The maximum Gasteiger partial charge on any atom is 0.337 e. The van der Waals surface area contributed by atoms with Gasteiger partial charge in [0, 0.05) is 10.5 Å². The molecule has 106 valence electrons. The van der Waals surface area contributed by atoms with Crippen molar-refractivity contribution < 1.29 is 14.7 Å². The Bertz CT molecular complexity index is 710. The summed E-state index contributed by atoms with van der Waals surface area (Å²) in [5.41, 5.74) is 1.19. The van der Waals surface area contributed by atoms with E-state index in [2.05, 4.69) is 21.2 Å². The molecule has 0 spiro atoms. The topological polar surface area (TPSA) is 66.4 Å². The van der Waals surface area contributed by atoms with E-state index in [1.54, 1.807) is 24.3 Å². The quantitative estimate of drug-likeness (QED) is 0.828. The molecule has 0 aliphatic rings. The Morgan fingerprint density at radius 2 is 1.71 bits per heavy atom. The van der Waals surface area contributed by atoms with E-state index in [-0.39, 0.29) is 17.2 Å². The highest BCUT2D eigenvalue weighted by molar-refractivity contribution is 9.10. The van der Waals surface area contributed by atoms with Gasteiger partial charge in [-0.2, -0.15) is 0 Å². The van der Waals surface area contributed by atoms with Crippen LogP contribution >= 0.6 is 15.9 Å². The molecule has 2 aromatic carbocycles. The minimum atomic E-state index is -1.08. The van der Waals surface area contributed by atoms with Gasteiger partial charge in [0.1, 0.15) is 0 Å². The first-order chi connectivity index (χ1) is 10.1. The fraction of sp³-hybridized carbons (Fsp3) is 0. The van der Waals surface area contributed by atoms with Crippen LogP contribution in [0.5, 0.6) is 0 Å². The molecule has 2 rings (SSSR count). The third-order valence-corrected chi connectivity index (χ3v) is 3.46. The molecule has 0 aliphatic carbocycles. The summed E-state index contributed by atoms with van der Waals surface area (Å²) in [7, 11) is 0. The van der Waals surface area contributed by atoms with Crippen molar-refractivity contribution in [3.63, 3.8) is 0 Å². The number of hydrogen-bond acceptors (Lipinski definition) is 2. The van der Waals surface area contributed by atoms with E-state index in [9.17, 15) is 9.59 Å². The number of amides is 1. The summed E-state index contributed by atoms with van der Waals surface area (Å²) >= 11 is 3.38. The number of rotatable bonds is 4. The minimum Gasteiger partial charge on any atom is -0.478 e. The zero-order chi connectivity index (χ0) is 15.2. The number of carbonyl (C=O) groups excluding carboxylic acids is 1. The molecule has 1 amide bonds. The smallest absolute Gasteiger partial charge is 0.337 e. The zero-order valence-electron chi connectivity index (χ0n) is 10.9. The third-order valence-electron chi connectivity index (χ3n) is 2.73. The molecule has 2 N–H and O–H groups in total. The van der Waals surface area contributed by atoms with Crippen molar-refractivity contribution in [1.82, 2.24) is 0 Å².